The van der Waals surface area contributed by atoms with Gasteiger partial charge in [-0.25, -0.2) is 0 Å². The second-order valence-electron chi connectivity index (χ2n) is 8.41. The summed E-state index contributed by atoms with van der Waals surface area (Å²) >= 11 is 0. The van der Waals surface area contributed by atoms with E-state index in [9.17, 15) is 9.36 Å². The van der Waals surface area contributed by atoms with E-state index in [0.29, 0.717) is 0 Å². The predicted molar refractivity (Wildman–Crippen MR) is 125 cm³/mol. The average molecular weight is 437 g/mol. The normalized spacial score (nSPS) is 16.7. The molecular formula is C21H33O4PSi2. The molecule has 28 heavy (non-hydrogen) atoms. The highest BCUT2D eigenvalue weighted by Gasteiger charge is 2.44. The SMILES string of the molecule is CC=CC=CC(O[Si](C)(C)C)P(=O)(O[Si](C)(C)C)C(=O)C=Cc1ccccc1. The van der Waals surface area contributed by atoms with Crippen molar-refractivity contribution in [1.82, 2.24) is 0 Å². The van der Waals surface area contributed by atoms with Gasteiger partial charge < -0.3 is 8.64 Å². The Balaban J connectivity index is 3.36. The van der Waals surface area contributed by atoms with Crippen LogP contribution in [0.2, 0.25) is 39.3 Å². The van der Waals surface area contributed by atoms with E-state index in [-0.39, 0.29) is 0 Å². The molecule has 7 heteroatoms. The molecule has 1 rings (SSSR count). The Kier molecular flexibility index (Phi) is 9.24. The van der Waals surface area contributed by atoms with Gasteiger partial charge in [-0.05, 0) is 63.9 Å². The van der Waals surface area contributed by atoms with E-state index in [4.69, 9.17) is 8.64 Å². The number of rotatable bonds is 10. The highest BCUT2D eigenvalue weighted by molar-refractivity contribution is 7.78. The van der Waals surface area contributed by atoms with Gasteiger partial charge in [0.05, 0.1) is 0 Å². The molecule has 0 aliphatic rings. The molecule has 0 N–H and O–H groups in total. The standard InChI is InChI=1S/C21H33O4PSi2/c1-8-9-11-16-21(24-27(2,3)4)26(23,25-28(5,6)7)20(22)18-17-19-14-12-10-13-15-19/h8-18,21H,1-7H3. The van der Waals surface area contributed by atoms with Crippen molar-refractivity contribution in [2.75, 3.05) is 0 Å². The van der Waals surface area contributed by atoms with E-state index in [1.165, 1.54) is 6.08 Å². The highest BCUT2D eigenvalue weighted by atomic mass is 31.2. The Morgan fingerprint density at radius 1 is 1.00 bits per heavy atom. The largest absolute Gasteiger partial charge is 0.402 e. The molecule has 0 spiro atoms. The van der Waals surface area contributed by atoms with Gasteiger partial charge in [0.25, 0.3) is 7.37 Å². The Bertz CT molecular complexity index is 772. The van der Waals surface area contributed by atoms with Crippen LogP contribution < -0.4 is 0 Å². The molecule has 154 valence electrons. The highest BCUT2D eigenvalue weighted by Crippen LogP contribution is 2.57. The first-order valence-corrected chi connectivity index (χ1v) is 17.9. The fraction of sp³-hybridized carbons (Fsp3) is 0.381. The van der Waals surface area contributed by atoms with Gasteiger partial charge in [-0.15, -0.1) is 0 Å². The molecule has 2 unspecified atom stereocenters. The minimum Gasteiger partial charge on any atom is -0.402 e. The molecule has 0 aromatic heterocycles. The summed E-state index contributed by atoms with van der Waals surface area (Å²) in [6, 6.07) is 9.45. The van der Waals surface area contributed by atoms with Crippen LogP contribution in [-0.2, 0) is 18.0 Å². The predicted octanol–water partition coefficient (Wildman–Crippen LogP) is 6.67. The molecule has 0 aliphatic carbocycles. The van der Waals surface area contributed by atoms with E-state index < -0.39 is 35.4 Å². The number of carbonyl (C=O) groups is 1. The van der Waals surface area contributed by atoms with Gasteiger partial charge in [0.2, 0.25) is 5.52 Å². The summed E-state index contributed by atoms with van der Waals surface area (Å²) in [6.45, 7) is 13.7. The van der Waals surface area contributed by atoms with Gasteiger partial charge in [0.1, 0.15) is 5.85 Å². The van der Waals surface area contributed by atoms with Crippen LogP contribution in [0.4, 0.5) is 0 Å². The smallest absolute Gasteiger partial charge is 0.292 e. The molecule has 0 saturated carbocycles. The van der Waals surface area contributed by atoms with Crippen LogP contribution in [0.5, 0.6) is 0 Å². The second kappa shape index (κ2) is 10.5. The van der Waals surface area contributed by atoms with Crippen molar-refractivity contribution < 1.29 is 18.0 Å². The lowest BCUT2D eigenvalue weighted by Gasteiger charge is -2.33. The lowest BCUT2D eigenvalue weighted by molar-refractivity contribution is -0.108. The summed E-state index contributed by atoms with van der Waals surface area (Å²) in [5.41, 5.74) is 0.342. The van der Waals surface area contributed by atoms with Crippen LogP contribution >= 0.6 is 7.37 Å². The zero-order chi connectivity index (χ0) is 21.4. The topological polar surface area (TPSA) is 52.6 Å². The van der Waals surface area contributed by atoms with Gasteiger partial charge in [-0.3, -0.25) is 9.36 Å². The lowest BCUT2D eigenvalue weighted by Crippen LogP contribution is -2.35. The van der Waals surface area contributed by atoms with Crippen molar-refractivity contribution in [1.29, 1.82) is 0 Å². The number of hydrogen-bond acceptors (Lipinski definition) is 4. The van der Waals surface area contributed by atoms with Gasteiger partial charge in [0, 0.05) is 0 Å². The maximum atomic E-state index is 14.0. The molecule has 0 radical (unpaired) electrons. The fourth-order valence-electron chi connectivity index (χ4n) is 2.32. The van der Waals surface area contributed by atoms with Gasteiger partial charge >= 0.3 is 0 Å². The van der Waals surface area contributed by atoms with E-state index in [0.717, 1.165) is 5.56 Å². The van der Waals surface area contributed by atoms with E-state index in [1.54, 1.807) is 18.2 Å². The summed E-state index contributed by atoms with van der Waals surface area (Å²) in [6.07, 6.45) is 10.2. The van der Waals surface area contributed by atoms with Crippen LogP contribution in [0.15, 0.2) is 60.7 Å². The number of allylic oxidation sites excluding steroid dienone is 4. The molecule has 0 amide bonds. The molecule has 0 heterocycles. The van der Waals surface area contributed by atoms with Crippen molar-refractivity contribution in [3.63, 3.8) is 0 Å². The van der Waals surface area contributed by atoms with Gasteiger partial charge in [-0.1, -0.05) is 54.6 Å². The number of hydrogen-bond donors (Lipinski definition) is 0. The van der Waals surface area contributed by atoms with Crippen LogP contribution in [0.3, 0.4) is 0 Å². The minimum absolute atomic E-state index is 0.521. The molecule has 0 fully saturated rings. The first-order valence-electron chi connectivity index (χ1n) is 9.43. The summed E-state index contributed by atoms with van der Waals surface area (Å²) < 4.78 is 26.2. The quantitative estimate of drug-likeness (QED) is 0.178. The van der Waals surface area contributed by atoms with Crippen molar-refractivity contribution in [3.05, 3.63) is 66.3 Å². The van der Waals surface area contributed by atoms with Crippen LogP contribution in [0.25, 0.3) is 6.08 Å². The Labute approximate surface area is 172 Å². The van der Waals surface area contributed by atoms with Crippen LogP contribution in [-0.4, -0.2) is 28.0 Å². The molecule has 0 aliphatic heterocycles. The fourth-order valence-corrected chi connectivity index (χ4v) is 9.52. The molecule has 0 saturated heterocycles. The first kappa shape index (κ1) is 24.7. The average Bonchev–Trinajstić information content (AvgIpc) is 2.57. The maximum Gasteiger partial charge on any atom is 0.292 e. The Hall–Kier alpha value is -1.31. The molecule has 0 bridgehead atoms. The minimum atomic E-state index is -3.79. The molecule has 1 aromatic rings. The third-order valence-electron chi connectivity index (χ3n) is 3.32. The summed E-state index contributed by atoms with van der Waals surface area (Å²) in [5.74, 6) is -0.894. The van der Waals surface area contributed by atoms with Crippen molar-refractivity contribution in [3.8, 4) is 0 Å². The van der Waals surface area contributed by atoms with Gasteiger partial charge in [0.15, 0.2) is 16.6 Å². The summed E-state index contributed by atoms with van der Waals surface area (Å²) in [5, 5.41) is 0. The van der Waals surface area contributed by atoms with E-state index in [1.807, 2.05) is 88.7 Å². The summed E-state index contributed by atoms with van der Waals surface area (Å²) in [7, 11) is -8.16. The van der Waals surface area contributed by atoms with Crippen molar-refractivity contribution in [2.24, 2.45) is 0 Å². The summed E-state index contributed by atoms with van der Waals surface area (Å²) in [4.78, 5) is 13.1. The third kappa shape index (κ3) is 8.80. The first-order chi connectivity index (χ1) is 12.9. The Morgan fingerprint density at radius 3 is 2.11 bits per heavy atom. The Morgan fingerprint density at radius 2 is 1.61 bits per heavy atom. The van der Waals surface area contributed by atoms with E-state index >= 15 is 0 Å². The number of benzene rings is 1. The zero-order valence-corrected chi connectivity index (χ0v) is 20.9. The van der Waals surface area contributed by atoms with Crippen molar-refractivity contribution in [2.45, 2.75) is 52.1 Å². The molecular weight excluding hydrogens is 403 g/mol. The van der Waals surface area contributed by atoms with E-state index in [2.05, 4.69) is 0 Å². The van der Waals surface area contributed by atoms with Crippen LogP contribution in [0, 0.1) is 0 Å². The molecule has 2 atom stereocenters. The molecule has 1 aromatic carbocycles. The van der Waals surface area contributed by atoms with Gasteiger partial charge in [-0.2, -0.15) is 0 Å². The second-order valence-corrected chi connectivity index (χ2v) is 20.0. The zero-order valence-electron chi connectivity index (χ0n) is 18.0. The van der Waals surface area contributed by atoms with Crippen molar-refractivity contribution >= 4 is 35.6 Å². The maximum absolute atomic E-state index is 14.0. The molecule has 4 nitrogen and oxygen atoms in total. The lowest BCUT2D eigenvalue weighted by atomic mass is 10.2. The van der Waals surface area contributed by atoms with Crippen LogP contribution in [0.1, 0.15) is 12.5 Å². The third-order valence-corrected chi connectivity index (χ3v) is 9.47. The number of carbonyl (C=O) groups excluding carboxylic acids is 1. The monoisotopic (exact) mass is 436 g/mol.